The van der Waals surface area contributed by atoms with E-state index in [1.54, 1.807) is 0 Å². The van der Waals surface area contributed by atoms with Crippen LogP contribution in [0.3, 0.4) is 0 Å². The van der Waals surface area contributed by atoms with Gasteiger partial charge in [0.25, 0.3) is 0 Å². The van der Waals surface area contributed by atoms with Crippen LogP contribution in [0, 0.1) is 0 Å². The number of piperazine rings is 1. The van der Waals surface area contributed by atoms with Crippen molar-refractivity contribution in [1.29, 1.82) is 0 Å². The van der Waals surface area contributed by atoms with Gasteiger partial charge in [0.05, 0.1) is 12.8 Å². The van der Waals surface area contributed by atoms with Crippen LogP contribution in [0.25, 0.3) is 0 Å². The third kappa shape index (κ3) is 5.48. The highest BCUT2D eigenvalue weighted by atomic mass is 35.5. The van der Waals surface area contributed by atoms with E-state index in [0.717, 1.165) is 62.1 Å². The third-order valence-electron chi connectivity index (χ3n) is 4.42. The molecule has 2 aromatic carbocycles. The van der Waals surface area contributed by atoms with Crippen molar-refractivity contribution >= 4 is 17.8 Å². The maximum Gasteiger partial charge on any atom is 0.119 e. The molecular formula is C21H26ClN3O. The number of ether oxygens (including phenoxy) is 1. The van der Waals surface area contributed by atoms with E-state index in [4.69, 9.17) is 16.3 Å². The summed E-state index contributed by atoms with van der Waals surface area (Å²) in [4.78, 5) is 2.42. The predicted octanol–water partition coefficient (Wildman–Crippen LogP) is 4.28. The molecule has 0 unspecified atom stereocenters. The molecule has 0 saturated carbocycles. The molecule has 4 nitrogen and oxygen atoms in total. The minimum atomic E-state index is 0.756. The zero-order valence-electron chi connectivity index (χ0n) is 15.3. The quantitative estimate of drug-likeness (QED) is 0.680. The van der Waals surface area contributed by atoms with Gasteiger partial charge in [-0.2, -0.15) is 5.10 Å². The van der Waals surface area contributed by atoms with Crippen LogP contribution in [0.4, 0.5) is 0 Å². The van der Waals surface area contributed by atoms with Crippen molar-refractivity contribution in [2.24, 2.45) is 5.10 Å². The summed E-state index contributed by atoms with van der Waals surface area (Å²) < 4.78 is 5.60. The smallest absolute Gasteiger partial charge is 0.119 e. The Morgan fingerprint density at radius 3 is 2.46 bits per heavy atom. The minimum Gasteiger partial charge on any atom is -0.494 e. The Kier molecular flexibility index (Phi) is 6.92. The van der Waals surface area contributed by atoms with Gasteiger partial charge in [-0.05, 0) is 47.9 Å². The van der Waals surface area contributed by atoms with Crippen LogP contribution in [-0.2, 0) is 6.54 Å². The SMILES string of the molecule is CCCOc1ccc(/C=N/N2CCN(Cc3ccccc3Cl)CC2)cc1. The fraction of sp³-hybridized carbons (Fsp3) is 0.381. The molecule has 1 aliphatic heterocycles. The maximum atomic E-state index is 6.26. The van der Waals surface area contributed by atoms with E-state index in [1.807, 2.05) is 48.7 Å². The fourth-order valence-corrected chi connectivity index (χ4v) is 3.09. The molecule has 26 heavy (non-hydrogen) atoms. The highest BCUT2D eigenvalue weighted by molar-refractivity contribution is 6.31. The average Bonchev–Trinajstić information content (AvgIpc) is 2.68. The number of nitrogens with zero attached hydrogens (tertiary/aromatic N) is 3. The second-order valence-electron chi connectivity index (χ2n) is 6.48. The first-order chi connectivity index (χ1) is 12.7. The monoisotopic (exact) mass is 371 g/mol. The van der Waals surface area contributed by atoms with Crippen molar-refractivity contribution < 1.29 is 4.74 Å². The lowest BCUT2D eigenvalue weighted by molar-refractivity contribution is 0.131. The molecule has 3 rings (SSSR count). The Labute approximate surface area is 161 Å². The van der Waals surface area contributed by atoms with Crippen LogP contribution in [0.15, 0.2) is 53.6 Å². The summed E-state index contributed by atoms with van der Waals surface area (Å²) in [5, 5.41) is 7.60. The second-order valence-corrected chi connectivity index (χ2v) is 6.89. The number of benzene rings is 2. The maximum absolute atomic E-state index is 6.26. The van der Waals surface area contributed by atoms with Crippen molar-refractivity contribution in [1.82, 2.24) is 9.91 Å². The van der Waals surface area contributed by atoms with Crippen LogP contribution >= 0.6 is 11.6 Å². The van der Waals surface area contributed by atoms with E-state index in [9.17, 15) is 0 Å². The van der Waals surface area contributed by atoms with Crippen molar-refractivity contribution in [3.8, 4) is 5.75 Å². The summed E-state index contributed by atoms with van der Waals surface area (Å²) in [6.07, 6.45) is 2.94. The van der Waals surface area contributed by atoms with Crippen molar-refractivity contribution in [3.05, 3.63) is 64.7 Å². The molecule has 0 aromatic heterocycles. The first-order valence-corrected chi connectivity index (χ1v) is 9.60. The summed E-state index contributed by atoms with van der Waals surface area (Å²) in [7, 11) is 0. The second kappa shape index (κ2) is 9.60. The average molecular weight is 372 g/mol. The third-order valence-corrected chi connectivity index (χ3v) is 4.79. The van der Waals surface area contributed by atoms with E-state index < -0.39 is 0 Å². The van der Waals surface area contributed by atoms with E-state index >= 15 is 0 Å². The van der Waals surface area contributed by atoms with Gasteiger partial charge in [-0.1, -0.05) is 36.7 Å². The summed E-state index contributed by atoms with van der Waals surface area (Å²) in [6.45, 7) is 7.60. The van der Waals surface area contributed by atoms with Gasteiger partial charge in [-0.25, -0.2) is 0 Å². The van der Waals surface area contributed by atoms with Crippen LogP contribution < -0.4 is 4.74 Å². The summed E-state index contributed by atoms with van der Waals surface area (Å²) in [5.74, 6) is 0.914. The highest BCUT2D eigenvalue weighted by Gasteiger charge is 2.16. The molecule has 1 aliphatic rings. The standard InChI is InChI=1S/C21H26ClN3O/c1-2-15-26-20-9-7-18(8-10-20)16-23-25-13-11-24(12-14-25)17-19-5-3-4-6-21(19)22/h3-10,16H,2,11-15,17H2,1H3/b23-16+. The zero-order valence-corrected chi connectivity index (χ0v) is 16.0. The van der Waals surface area contributed by atoms with E-state index in [0.29, 0.717) is 0 Å². The minimum absolute atomic E-state index is 0.756. The Hall–Kier alpha value is -2.04. The Balaban J connectivity index is 1.46. The molecule has 0 bridgehead atoms. The molecule has 0 atom stereocenters. The van der Waals surface area contributed by atoms with Gasteiger partial charge in [0.2, 0.25) is 0 Å². The molecule has 1 saturated heterocycles. The van der Waals surface area contributed by atoms with Crippen LogP contribution in [0.1, 0.15) is 24.5 Å². The molecule has 0 amide bonds. The molecule has 1 fully saturated rings. The van der Waals surface area contributed by atoms with E-state index in [-0.39, 0.29) is 0 Å². The normalized spacial score (nSPS) is 15.5. The molecule has 1 heterocycles. The van der Waals surface area contributed by atoms with Gasteiger partial charge in [0.1, 0.15) is 5.75 Å². The van der Waals surface area contributed by atoms with Gasteiger partial charge in [-0.3, -0.25) is 9.91 Å². The first-order valence-electron chi connectivity index (χ1n) is 9.22. The zero-order chi connectivity index (χ0) is 18.2. The highest BCUT2D eigenvalue weighted by Crippen LogP contribution is 2.18. The summed E-state index contributed by atoms with van der Waals surface area (Å²) in [6, 6.07) is 16.2. The van der Waals surface area contributed by atoms with Crippen LogP contribution in [0.2, 0.25) is 5.02 Å². The van der Waals surface area contributed by atoms with Crippen LogP contribution in [-0.4, -0.2) is 48.9 Å². The number of hydrazone groups is 1. The molecule has 0 N–H and O–H groups in total. The number of hydrogen-bond donors (Lipinski definition) is 0. The first kappa shape index (κ1) is 18.7. The lowest BCUT2D eigenvalue weighted by atomic mass is 10.2. The Bertz CT molecular complexity index is 709. The molecular weight excluding hydrogens is 346 g/mol. The predicted molar refractivity (Wildman–Crippen MR) is 108 cm³/mol. The van der Waals surface area contributed by atoms with Gasteiger partial charge < -0.3 is 4.74 Å². The van der Waals surface area contributed by atoms with Crippen molar-refractivity contribution in [3.63, 3.8) is 0 Å². The fourth-order valence-electron chi connectivity index (χ4n) is 2.90. The van der Waals surface area contributed by atoms with Gasteiger partial charge in [0.15, 0.2) is 0 Å². The van der Waals surface area contributed by atoms with Crippen LogP contribution in [0.5, 0.6) is 5.75 Å². The number of halogens is 1. The topological polar surface area (TPSA) is 28.1 Å². The molecule has 138 valence electrons. The van der Waals surface area contributed by atoms with Crippen molar-refractivity contribution in [2.75, 3.05) is 32.8 Å². The molecule has 0 spiro atoms. The number of hydrogen-bond acceptors (Lipinski definition) is 4. The lowest BCUT2D eigenvalue weighted by Crippen LogP contribution is -2.43. The Morgan fingerprint density at radius 2 is 1.77 bits per heavy atom. The summed E-state index contributed by atoms with van der Waals surface area (Å²) >= 11 is 6.26. The van der Waals surface area contributed by atoms with Crippen molar-refractivity contribution in [2.45, 2.75) is 19.9 Å². The Morgan fingerprint density at radius 1 is 1.04 bits per heavy atom. The lowest BCUT2D eigenvalue weighted by Gasteiger charge is -2.33. The molecule has 0 radical (unpaired) electrons. The number of rotatable bonds is 7. The van der Waals surface area contributed by atoms with Gasteiger partial charge >= 0.3 is 0 Å². The molecule has 0 aliphatic carbocycles. The molecule has 2 aromatic rings. The largest absolute Gasteiger partial charge is 0.494 e. The summed E-state index contributed by atoms with van der Waals surface area (Å²) in [5.41, 5.74) is 2.28. The van der Waals surface area contributed by atoms with E-state index in [2.05, 4.69) is 28.0 Å². The van der Waals surface area contributed by atoms with E-state index in [1.165, 1.54) is 5.56 Å². The van der Waals surface area contributed by atoms with Gasteiger partial charge in [0, 0.05) is 37.7 Å². The van der Waals surface area contributed by atoms with Gasteiger partial charge in [-0.15, -0.1) is 0 Å². The molecule has 5 heteroatoms.